The van der Waals surface area contributed by atoms with Crippen LogP contribution >= 0.6 is 0 Å². The van der Waals surface area contributed by atoms with Crippen LogP contribution in [0.5, 0.6) is 5.75 Å². The summed E-state index contributed by atoms with van der Waals surface area (Å²) in [6.45, 7) is 8.41. The highest BCUT2D eigenvalue weighted by Gasteiger charge is 2.06. The zero-order valence-electron chi connectivity index (χ0n) is 10.6. The predicted molar refractivity (Wildman–Crippen MR) is 69.0 cm³/mol. The van der Waals surface area contributed by atoms with Crippen LogP contribution in [-0.4, -0.2) is 19.2 Å². The molecule has 2 nitrogen and oxygen atoms in total. The van der Waals surface area contributed by atoms with E-state index in [0.717, 1.165) is 25.3 Å². The zero-order valence-corrected chi connectivity index (χ0v) is 10.6. The SMILES string of the molecule is CCCNCC(CC)Oc1ccc(C)cc1. The van der Waals surface area contributed by atoms with Crippen molar-refractivity contribution in [3.63, 3.8) is 0 Å². The highest BCUT2D eigenvalue weighted by molar-refractivity contribution is 5.26. The summed E-state index contributed by atoms with van der Waals surface area (Å²) in [6.07, 6.45) is 2.47. The largest absolute Gasteiger partial charge is 0.489 e. The van der Waals surface area contributed by atoms with Crippen LogP contribution in [0, 0.1) is 6.92 Å². The fourth-order valence-corrected chi connectivity index (χ4v) is 1.52. The van der Waals surface area contributed by atoms with Crippen molar-refractivity contribution in [3.8, 4) is 5.75 Å². The monoisotopic (exact) mass is 221 g/mol. The summed E-state index contributed by atoms with van der Waals surface area (Å²) in [6, 6.07) is 8.25. The second kappa shape index (κ2) is 7.29. The summed E-state index contributed by atoms with van der Waals surface area (Å²) in [4.78, 5) is 0. The van der Waals surface area contributed by atoms with Gasteiger partial charge in [-0.25, -0.2) is 0 Å². The van der Waals surface area contributed by atoms with Crippen molar-refractivity contribution in [2.24, 2.45) is 0 Å². The highest BCUT2D eigenvalue weighted by atomic mass is 16.5. The normalized spacial score (nSPS) is 12.4. The lowest BCUT2D eigenvalue weighted by molar-refractivity contribution is 0.193. The van der Waals surface area contributed by atoms with E-state index in [1.54, 1.807) is 0 Å². The fourth-order valence-electron chi connectivity index (χ4n) is 1.52. The van der Waals surface area contributed by atoms with E-state index in [-0.39, 0.29) is 6.10 Å². The molecule has 0 saturated heterocycles. The second-order valence-electron chi connectivity index (χ2n) is 4.17. The molecule has 0 aromatic heterocycles. The molecule has 0 aliphatic heterocycles. The maximum Gasteiger partial charge on any atom is 0.119 e. The Morgan fingerprint density at radius 2 is 1.88 bits per heavy atom. The second-order valence-corrected chi connectivity index (χ2v) is 4.17. The maximum atomic E-state index is 5.90. The molecule has 1 aromatic rings. The highest BCUT2D eigenvalue weighted by Crippen LogP contribution is 2.14. The summed E-state index contributed by atoms with van der Waals surface area (Å²) >= 11 is 0. The first-order valence-corrected chi connectivity index (χ1v) is 6.20. The smallest absolute Gasteiger partial charge is 0.119 e. The quantitative estimate of drug-likeness (QED) is 0.714. The Morgan fingerprint density at radius 3 is 2.44 bits per heavy atom. The Morgan fingerprint density at radius 1 is 1.19 bits per heavy atom. The number of rotatable bonds is 7. The number of hydrogen-bond donors (Lipinski definition) is 1. The van der Waals surface area contributed by atoms with Crippen LogP contribution in [0.25, 0.3) is 0 Å². The first-order valence-electron chi connectivity index (χ1n) is 6.20. The van der Waals surface area contributed by atoms with Crippen molar-refractivity contribution >= 4 is 0 Å². The van der Waals surface area contributed by atoms with Crippen molar-refractivity contribution in [1.29, 1.82) is 0 Å². The summed E-state index contributed by atoms with van der Waals surface area (Å²) < 4.78 is 5.90. The Kier molecular flexibility index (Phi) is 5.94. The molecule has 0 amide bonds. The van der Waals surface area contributed by atoms with Gasteiger partial charge in [-0.05, 0) is 38.4 Å². The molecule has 0 aliphatic carbocycles. The van der Waals surface area contributed by atoms with Gasteiger partial charge in [-0.15, -0.1) is 0 Å². The topological polar surface area (TPSA) is 21.3 Å². The molecule has 1 unspecified atom stereocenters. The number of hydrogen-bond acceptors (Lipinski definition) is 2. The van der Waals surface area contributed by atoms with Gasteiger partial charge in [-0.2, -0.15) is 0 Å². The van der Waals surface area contributed by atoms with Crippen LogP contribution in [0.3, 0.4) is 0 Å². The van der Waals surface area contributed by atoms with Gasteiger partial charge < -0.3 is 10.1 Å². The number of ether oxygens (including phenoxy) is 1. The van der Waals surface area contributed by atoms with Gasteiger partial charge in [0, 0.05) is 6.54 Å². The van der Waals surface area contributed by atoms with Gasteiger partial charge in [0.1, 0.15) is 11.9 Å². The van der Waals surface area contributed by atoms with Crippen molar-refractivity contribution in [1.82, 2.24) is 5.32 Å². The van der Waals surface area contributed by atoms with E-state index in [9.17, 15) is 0 Å². The van der Waals surface area contributed by atoms with Crippen LogP contribution in [0.4, 0.5) is 0 Å². The molecule has 0 saturated carbocycles. The van der Waals surface area contributed by atoms with Crippen molar-refractivity contribution in [3.05, 3.63) is 29.8 Å². The lowest BCUT2D eigenvalue weighted by Gasteiger charge is -2.18. The summed E-state index contributed by atoms with van der Waals surface area (Å²) in [7, 11) is 0. The van der Waals surface area contributed by atoms with Gasteiger partial charge in [0.15, 0.2) is 0 Å². The van der Waals surface area contributed by atoms with Crippen LogP contribution in [0.1, 0.15) is 32.3 Å². The number of aryl methyl sites for hydroxylation is 1. The van der Waals surface area contributed by atoms with Gasteiger partial charge in [-0.3, -0.25) is 0 Å². The third-order valence-corrected chi connectivity index (χ3v) is 2.58. The van der Waals surface area contributed by atoms with E-state index in [2.05, 4.69) is 38.2 Å². The molecule has 90 valence electrons. The van der Waals surface area contributed by atoms with Crippen LogP contribution in [-0.2, 0) is 0 Å². The molecule has 16 heavy (non-hydrogen) atoms. The molecule has 1 aromatic carbocycles. The minimum absolute atomic E-state index is 0.272. The van der Waals surface area contributed by atoms with E-state index < -0.39 is 0 Å². The van der Waals surface area contributed by atoms with E-state index in [4.69, 9.17) is 4.74 Å². The lowest BCUT2D eigenvalue weighted by atomic mass is 10.2. The standard InChI is InChI=1S/C14H23NO/c1-4-10-15-11-13(5-2)16-14-8-6-12(3)7-9-14/h6-9,13,15H,4-5,10-11H2,1-3H3. The van der Waals surface area contributed by atoms with Crippen molar-refractivity contribution in [2.75, 3.05) is 13.1 Å². The molecule has 0 spiro atoms. The number of nitrogens with one attached hydrogen (secondary N) is 1. The summed E-state index contributed by atoms with van der Waals surface area (Å²) in [5, 5.41) is 3.39. The van der Waals surface area contributed by atoms with E-state index in [1.807, 2.05) is 12.1 Å². The molecule has 2 heteroatoms. The summed E-state index contributed by atoms with van der Waals surface area (Å²) in [5.74, 6) is 0.968. The third kappa shape index (κ3) is 4.67. The van der Waals surface area contributed by atoms with E-state index in [0.29, 0.717) is 0 Å². The maximum absolute atomic E-state index is 5.90. The molecule has 1 atom stereocenters. The molecule has 0 bridgehead atoms. The Bertz CT molecular complexity index is 281. The van der Waals surface area contributed by atoms with Crippen molar-refractivity contribution in [2.45, 2.75) is 39.7 Å². The minimum Gasteiger partial charge on any atom is -0.489 e. The molecule has 0 aliphatic rings. The number of benzene rings is 1. The Balaban J connectivity index is 2.40. The predicted octanol–water partition coefficient (Wildman–Crippen LogP) is 3.15. The molecule has 0 radical (unpaired) electrons. The summed E-state index contributed by atoms with van der Waals surface area (Å²) in [5.41, 5.74) is 1.27. The van der Waals surface area contributed by atoms with Gasteiger partial charge in [-0.1, -0.05) is 31.5 Å². The molecule has 0 fully saturated rings. The lowest BCUT2D eigenvalue weighted by Crippen LogP contribution is -2.31. The zero-order chi connectivity index (χ0) is 11.8. The third-order valence-electron chi connectivity index (χ3n) is 2.58. The van der Waals surface area contributed by atoms with E-state index in [1.165, 1.54) is 12.0 Å². The van der Waals surface area contributed by atoms with Gasteiger partial charge in [0.25, 0.3) is 0 Å². The molecular formula is C14H23NO. The van der Waals surface area contributed by atoms with Gasteiger partial charge in [0.05, 0.1) is 0 Å². The van der Waals surface area contributed by atoms with Crippen LogP contribution < -0.4 is 10.1 Å². The molecule has 1 N–H and O–H groups in total. The van der Waals surface area contributed by atoms with Gasteiger partial charge >= 0.3 is 0 Å². The van der Waals surface area contributed by atoms with Crippen molar-refractivity contribution < 1.29 is 4.74 Å². The molecule has 0 heterocycles. The average molecular weight is 221 g/mol. The first kappa shape index (κ1) is 13.0. The van der Waals surface area contributed by atoms with Crippen LogP contribution in [0.15, 0.2) is 24.3 Å². The first-order chi connectivity index (χ1) is 7.76. The Hall–Kier alpha value is -1.02. The molecular weight excluding hydrogens is 198 g/mol. The van der Waals surface area contributed by atoms with E-state index >= 15 is 0 Å². The van der Waals surface area contributed by atoms with Crippen LogP contribution in [0.2, 0.25) is 0 Å². The Labute approximate surface area is 99.0 Å². The van der Waals surface area contributed by atoms with Gasteiger partial charge in [0.2, 0.25) is 0 Å². The average Bonchev–Trinajstić information content (AvgIpc) is 2.31. The minimum atomic E-state index is 0.272. The molecule has 1 rings (SSSR count). The fraction of sp³-hybridized carbons (Fsp3) is 0.571.